The van der Waals surface area contributed by atoms with Gasteiger partial charge in [0.05, 0.1) is 6.61 Å². The van der Waals surface area contributed by atoms with Gasteiger partial charge in [-0.3, -0.25) is 0 Å². The van der Waals surface area contributed by atoms with Crippen LogP contribution in [0.25, 0.3) is 0 Å². The van der Waals surface area contributed by atoms with Crippen molar-refractivity contribution in [2.45, 2.75) is 26.9 Å². The summed E-state index contributed by atoms with van der Waals surface area (Å²) in [4.78, 5) is 2.17. The molecule has 0 saturated heterocycles. The van der Waals surface area contributed by atoms with Crippen molar-refractivity contribution in [3.63, 3.8) is 0 Å². The molecule has 0 bridgehead atoms. The predicted molar refractivity (Wildman–Crippen MR) is 76.9 cm³/mol. The first-order valence-electron chi connectivity index (χ1n) is 6.96. The van der Waals surface area contributed by atoms with Crippen LogP contribution in [0.15, 0.2) is 24.3 Å². The summed E-state index contributed by atoms with van der Waals surface area (Å²) in [5.41, 5.74) is 0. The second-order valence-electron chi connectivity index (χ2n) is 4.33. The van der Waals surface area contributed by atoms with Crippen LogP contribution >= 0.6 is 0 Å². The Bertz CT molecular complexity index is 353. The molecule has 0 aliphatic rings. The maximum Gasteiger partial charge on any atom is 0.161 e. The van der Waals surface area contributed by atoms with Crippen molar-refractivity contribution >= 4 is 0 Å². The molecular formula is C15H25NO3. The van der Waals surface area contributed by atoms with E-state index in [4.69, 9.17) is 9.47 Å². The first-order valence-corrected chi connectivity index (χ1v) is 6.96. The lowest BCUT2D eigenvalue weighted by molar-refractivity contribution is 0.0703. The molecule has 0 amide bonds. The smallest absolute Gasteiger partial charge is 0.161 e. The highest BCUT2D eigenvalue weighted by molar-refractivity contribution is 5.39. The first kappa shape index (κ1) is 15.8. The van der Waals surface area contributed by atoms with Crippen molar-refractivity contribution in [2.24, 2.45) is 0 Å². The van der Waals surface area contributed by atoms with Gasteiger partial charge in [-0.1, -0.05) is 26.0 Å². The Morgan fingerprint density at radius 2 is 1.63 bits per heavy atom. The average molecular weight is 267 g/mol. The molecule has 0 aliphatic heterocycles. The molecule has 1 aromatic carbocycles. The number of likely N-dealkylation sites (N-methyl/N-ethyl adjacent to an activating group) is 1. The number of rotatable bonds is 9. The quantitative estimate of drug-likeness (QED) is 0.744. The SMILES string of the molecule is CCOc1ccccc1OCC(O)CN(CC)CC. The Hall–Kier alpha value is -1.26. The number of para-hydroxylation sites is 2. The van der Waals surface area contributed by atoms with Gasteiger partial charge < -0.3 is 19.5 Å². The van der Waals surface area contributed by atoms with Crippen molar-refractivity contribution in [2.75, 3.05) is 32.8 Å². The Kier molecular flexibility index (Phi) is 7.30. The highest BCUT2D eigenvalue weighted by atomic mass is 16.5. The van der Waals surface area contributed by atoms with Crippen molar-refractivity contribution in [1.29, 1.82) is 0 Å². The molecule has 108 valence electrons. The fraction of sp³-hybridized carbons (Fsp3) is 0.600. The standard InChI is InChI=1S/C15H25NO3/c1-4-16(5-2)11-13(17)12-19-15-10-8-7-9-14(15)18-6-3/h7-10,13,17H,4-6,11-12H2,1-3H3. The number of hydrogen-bond acceptors (Lipinski definition) is 4. The van der Waals surface area contributed by atoms with Crippen LogP contribution in [-0.4, -0.2) is 49.0 Å². The fourth-order valence-electron chi connectivity index (χ4n) is 1.86. The monoisotopic (exact) mass is 267 g/mol. The summed E-state index contributed by atoms with van der Waals surface area (Å²) >= 11 is 0. The summed E-state index contributed by atoms with van der Waals surface area (Å²) in [5.74, 6) is 1.41. The lowest BCUT2D eigenvalue weighted by Gasteiger charge is -2.22. The van der Waals surface area contributed by atoms with Crippen LogP contribution in [0.5, 0.6) is 11.5 Å². The van der Waals surface area contributed by atoms with E-state index >= 15 is 0 Å². The maximum atomic E-state index is 9.96. The summed E-state index contributed by atoms with van der Waals surface area (Å²) in [6.45, 7) is 9.48. The van der Waals surface area contributed by atoms with Gasteiger partial charge in [0, 0.05) is 6.54 Å². The molecule has 0 spiro atoms. The molecule has 0 aliphatic carbocycles. The number of ether oxygens (including phenoxy) is 2. The molecule has 1 atom stereocenters. The normalized spacial score (nSPS) is 12.5. The molecule has 1 rings (SSSR count). The second-order valence-corrected chi connectivity index (χ2v) is 4.33. The number of hydrogen-bond donors (Lipinski definition) is 1. The third-order valence-electron chi connectivity index (χ3n) is 2.94. The molecule has 1 N–H and O–H groups in total. The van der Waals surface area contributed by atoms with Gasteiger partial charge in [-0.2, -0.15) is 0 Å². The summed E-state index contributed by atoms with van der Waals surface area (Å²) in [6, 6.07) is 7.53. The van der Waals surface area contributed by atoms with Crippen LogP contribution in [0.2, 0.25) is 0 Å². The lowest BCUT2D eigenvalue weighted by atomic mass is 10.3. The zero-order chi connectivity index (χ0) is 14.1. The number of aliphatic hydroxyl groups is 1. The van der Waals surface area contributed by atoms with Gasteiger partial charge in [-0.05, 0) is 32.1 Å². The molecule has 0 fully saturated rings. The third kappa shape index (κ3) is 5.49. The topological polar surface area (TPSA) is 41.9 Å². The van der Waals surface area contributed by atoms with Crippen LogP contribution in [0, 0.1) is 0 Å². The molecule has 0 radical (unpaired) electrons. The van der Waals surface area contributed by atoms with Gasteiger partial charge in [-0.25, -0.2) is 0 Å². The van der Waals surface area contributed by atoms with Crippen LogP contribution in [0.4, 0.5) is 0 Å². The van der Waals surface area contributed by atoms with Gasteiger partial charge in [-0.15, -0.1) is 0 Å². The van der Waals surface area contributed by atoms with Crippen LogP contribution < -0.4 is 9.47 Å². The van der Waals surface area contributed by atoms with E-state index in [1.54, 1.807) is 0 Å². The molecule has 4 nitrogen and oxygen atoms in total. The van der Waals surface area contributed by atoms with Crippen molar-refractivity contribution < 1.29 is 14.6 Å². The Morgan fingerprint density at radius 1 is 1.05 bits per heavy atom. The van der Waals surface area contributed by atoms with E-state index in [0.29, 0.717) is 18.9 Å². The van der Waals surface area contributed by atoms with E-state index in [1.807, 2.05) is 31.2 Å². The summed E-state index contributed by atoms with van der Waals surface area (Å²) in [5, 5.41) is 9.96. The summed E-state index contributed by atoms with van der Waals surface area (Å²) in [6.07, 6.45) is -0.491. The Morgan fingerprint density at radius 3 is 2.16 bits per heavy atom. The zero-order valence-corrected chi connectivity index (χ0v) is 12.1. The number of nitrogens with zero attached hydrogens (tertiary/aromatic N) is 1. The molecule has 1 aromatic rings. The highest BCUT2D eigenvalue weighted by Gasteiger charge is 2.11. The fourth-order valence-corrected chi connectivity index (χ4v) is 1.86. The van der Waals surface area contributed by atoms with Crippen LogP contribution in [0.3, 0.4) is 0 Å². The Labute approximate surface area is 115 Å². The van der Waals surface area contributed by atoms with Crippen molar-refractivity contribution in [3.05, 3.63) is 24.3 Å². The van der Waals surface area contributed by atoms with E-state index in [-0.39, 0.29) is 6.61 Å². The van der Waals surface area contributed by atoms with E-state index < -0.39 is 6.10 Å². The molecule has 1 unspecified atom stereocenters. The van der Waals surface area contributed by atoms with Crippen molar-refractivity contribution in [3.8, 4) is 11.5 Å². The largest absolute Gasteiger partial charge is 0.490 e. The van der Waals surface area contributed by atoms with Gasteiger partial charge in [0.15, 0.2) is 11.5 Å². The van der Waals surface area contributed by atoms with E-state index in [2.05, 4.69) is 18.7 Å². The average Bonchev–Trinajstić information content (AvgIpc) is 2.44. The molecule has 0 aromatic heterocycles. The molecular weight excluding hydrogens is 242 g/mol. The third-order valence-corrected chi connectivity index (χ3v) is 2.94. The van der Waals surface area contributed by atoms with E-state index in [0.717, 1.165) is 18.8 Å². The molecule has 4 heteroatoms. The molecule has 0 saturated carbocycles. The maximum absolute atomic E-state index is 9.96. The van der Waals surface area contributed by atoms with E-state index in [1.165, 1.54) is 0 Å². The zero-order valence-electron chi connectivity index (χ0n) is 12.1. The van der Waals surface area contributed by atoms with Gasteiger partial charge in [0.2, 0.25) is 0 Å². The minimum atomic E-state index is -0.491. The lowest BCUT2D eigenvalue weighted by Crippen LogP contribution is -2.35. The van der Waals surface area contributed by atoms with Gasteiger partial charge in [0.1, 0.15) is 12.7 Å². The number of aliphatic hydroxyl groups excluding tert-OH is 1. The Balaban J connectivity index is 2.47. The van der Waals surface area contributed by atoms with E-state index in [9.17, 15) is 5.11 Å². The minimum absolute atomic E-state index is 0.278. The number of benzene rings is 1. The minimum Gasteiger partial charge on any atom is -0.490 e. The first-order chi connectivity index (χ1) is 9.21. The van der Waals surface area contributed by atoms with Gasteiger partial charge >= 0.3 is 0 Å². The van der Waals surface area contributed by atoms with Crippen LogP contribution in [-0.2, 0) is 0 Å². The predicted octanol–water partition coefficient (Wildman–Crippen LogP) is 2.17. The van der Waals surface area contributed by atoms with Crippen LogP contribution in [0.1, 0.15) is 20.8 Å². The summed E-state index contributed by atoms with van der Waals surface area (Å²) < 4.78 is 11.1. The van der Waals surface area contributed by atoms with Gasteiger partial charge in [0.25, 0.3) is 0 Å². The second kappa shape index (κ2) is 8.77. The molecule has 19 heavy (non-hydrogen) atoms. The van der Waals surface area contributed by atoms with Crippen molar-refractivity contribution in [1.82, 2.24) is 4.90 Å². The summed E-state index contributed by atoms with van der Waals surface area (Å²) in [7, 11) is 0. The molecule has 0 heterocycles. The highest BCUT2D eigenvalue weighted by Crippen LogP contribution is 2.26.